The number of hydrogen-bond donors (Lipinski definition) is 3. The smallest absolute Gasteiger partial charge is 0.291 e. The van der Waals surface area contributed by atoms with Gasteiger partial charge in [0.25, 0.3) is 5.91 Å². The van der Waals surface area contributed by atoms with E-state index in [1.807, 2.05) is 54.6 Å². The Bertz CT molecular complexity index is 1200. The number of benzene rings is 2. The van der Waals surface area contributed by atoms with Crippen LogP contribution in [0.25, 0.3) is 22.3 Å². The van der Waals surface area contributed by atoms with Gasteiger partial charge in [0.15, 0.2) is 5.82 Å². The number of H-pyrrole nitrogens is 1. The highest BCUT2D eigenvalue weighted by Gasteiger charge is 2.20. The SMILES string of the molecule is O=C(NC1CCCCC1)c1n[nH]c(Nc2nc(-c3ccccc3)nc3ccccc23)n1. The molecule has 3 N–H and O–H groups in total. The average Bonchev–Trinajstić information content (AvgIpc) is 3.29. The second-order valence-electron chi connectivity index (χ2n) is 7.72. The molecular formula is C23H23N7O. The number of carbonyl (C=O) groups is 1. The summed E-state index contributed by atoms with van der Waals surface area (Å²) in [6.45, 7) is 0. The molecule has 0 bridgehead atoms. The molecular weight excluding hydrogens is 390 g/mol. The van der Waals surface area contributed by atoms with Gasteiger partial charge in [-0.25, -0.2) is 15.1 Å². The van der Waals surface area contributed by atoms with E-state index in [-0.39, 0.29) is 17.8 Å². The predicted octanol–water partition coefficient (Wildman–Crippen LogP) is 4.22. The van der Waals surface area contributed by atoms with Crippen LogP contribution in [0.5, 0.6) is 0 Å². The second-order valence-corrected chi connectivity index (χ2v) is 7.72. The molecule has 0 spiro atoms. The van der Waals surface area contributed by atoms with E-state index in [2.05, 4.69) is 30.8 Å². The number of para-hydroxylation sites is 1. The lowest BCUT2D eigenvalue weighted by atomic mass is 9.95. The third kappa shape index (κ3) is 4.23. The van der Waals surface area contributed by atoms with Crippen molar-refractivity contribution in [3.63, 3.8) is 0 Å². The summed E-state index contributed by atoms with van der Waals surface area (Å²) in [6.07, 6.45) is 5.55. The highest BCUT2D eigenvalue weighted by Crippen LogP contribution is 2.26. The van der Waals surface area contributed by atoms with Crippen LogP contribution < -0.4 is 10.6 Å². The molecule has 1 aliphatic rings. The third-order valence-electron chi connectivity index (χ3n) is 5.50. The number of nitrogens with one attached hydrogen (secondary N) is 3. The lowest BCUT2D eigenvalue weighted by Gasteiger charge is -2.21. The minimum atomic E-state index is -0.256. The van der Waals surface area contributed by atoms with Crippen molar-refractivity contribution in [2.45, 2.75) is 38.1 Å². The maximum Gasteiger partial charge on any atom is 0.291 e. The summed E-state index contributed by atoms with van der Waals surface area (Å²) in [7, 11) is 0. The van der Waals surface area contributed by atoms with E-state index in [1.165, 1.54) is 6.42 Å². The molecule has 2 heterocycles. The molecule has 2 aromatic carbocycles. The van der Waals surface area contributed by atoms with Crippen molar-refractivity contribution in [2.24, 2.45) is 0 Å². The van der Waals surface area contributed by atoms with Gasteiger partial charge in [0.2, 0.25) is 11.8 Å². The predicted molar refractivity (Wildman–Crippen MR) is 119 cm³/mol. The minimum absolute atomic E-state index is 0.120. The number of amides is 1. The Kier molecular flexibility index (Phi) is 5.26. The van der Waals surface area contributed by atoms with Gasteiger partial charge in [-0.05, 0) is 25.0 Å². The first-order valence-electron chi connectivity index (χ1n) is 10.6. The number of nitrogens with zero attached hydrogens (tertiary/aromatic N) is 4. The fraction of sp³-hybridized carbons (Fsp3) is 0.261. The molecule has 5 rings (SSSR count). The number of anilines is 2. The Morgan fingerprint density at radius 2 is 1.68 bits per heavy atom. The largest absolute Gasteiger partial charge is 0.347 e. The van der Waals surface area contributed by atoms with Crippen LogP contribution >= 0.6 is 0 Å². The standard InChI is InChI=1S/C23H23N7O/c31-22(24-16-11-5-2-6-12-16)21-28-23(30-29-21)27-20-17-13-7-8-14-18(17)25-19(26-20)15-9-3-1-4-10-15/h1,3-4,7-10,13-14,16H,2,5-6,11-12H2,(H,24,31)(H2,25,26,27,28,29,30). The van der Waals surface area contributed by atoms with E-state index >= 15 is 0 Å². The van der Waals surface area contributed by atoms with Gasteiger partial charge >= 0.3 is 0 Å². The third-order valence-corrected chi connectivity index (χ3v) is 5.50. The molecule has 1 aliphatic carbocycles. The van der Waals surface area contributed by atoms with Crippen molar-refractivity contribution >= 4 is 28.6 Å². The molecule has 0 radical (unpaired) electrons. The maximum atomic E-state index is 12.5. The zero-order valence-corrected chi connectivity index (χ0v) is 17.0. The average molecular weight is 413 g/mol. The molecule has 31 heavy (non-hydrogen) atoms. The van der Waals surface area contributed by atoms with Crippen LogP contribution in [0.2, 0.25) is 0 Å². The zero-order chi connectivity index (χ0) is 21.0. The number of aromatic amines is 1. The molecule has 4 aromatic rings. The second kappa shape index (κ2) is 8.51. The Morgan fingerprint density at radius 1 is 0.903 bits per heavy atom. The van der Waals surface area contributed by atoms with Crippen molar-refractivity contribution in [1.82, 2.24) is 30.5 Å². The summed E-state index contributed by atoms with van der Waals surface area (Å²) >= 11 is 0. The van der Waals surface area contributed by atoms with Gasteiger partial charge in [0.1, 0.15) is 5.82 Å². The molecule has 0 aliphatic heterocycles. The molecule has 1 amide bonds. The Hall–Kier alpha value is -3.81. The van der Waals surface area contributed by atoms with Crippen molar-refractivity contribution in [2.75, 3.05) is 5.32 Å². The van der Waals surface area contributed by atoms with Gasteiger partial charge in [-0.15, -0.1) is 5.10 Å². The summed E-state index contributed by atoms with van der Waals surface area (Å²) in [6, 6.07) is 17.8. The first-order valence-corrected chi connectivity index (χ1v) is 10.6. The normalized spacial score (nSPS) is 14.5. The van der Waals surface area contributed by atoms with Crippen molar-refractivity contribution in [3.05, 3.63) is 60.4 Å². The van der Waals surface area contributed by atoms with Gasteiger partial charge in [-0.2, -0.15) is 4.98 Å². The van der Waals surface area contributed by atoms with Crippen LogP contribution in [0.3, 0.4) is 0 Å². The topological polar surface area (TPSA) is 108 Å². The van der Waals surface area contributed by atoms with Crippen molar-refractivity contribution < 1.29 is 4.79 Å². The number of rotatable bonds is 5. The minimum Gasteiger partial charge on any atom is -0.347 e. The number of hydrogen-bond acceptors (Lipinski definition) is 6. The first-order chi connectivity index (χ1) is 15.3. The summed E-state index contributed by atoms with van der Waals surface area (Å²) < 4.78 is 0. The number of aromatic nitrogens is 5. The first kappa shape index (κ1) is 19.2. The number of carbonyl (C=O) groups excluding carboxylic acids is 1. The summed E-state index contributed by atoms with van der Waals surface area (Å²) in [5, 5.41) is 14.0. The number of fused-ring (bicyclic) bond motifs is 1. The molecule has 1 saturated carbocycles. The highest BCUT2D eigenvalue weighted by molar-refractivity contribution is 5.93. The van der Waals surface area contributed by atoms with Gasteiger partial charge in [0.05, 0.1) is 5.52 Å². The van der Waals surface area contributed by atoms with Crippen molar-refractivity contribution in [3.8, 4) is 11.4 Å². The Balaban J connectivity index is 1.41. The fourth-order valence-corrected chi connectivity index (χ4v) is 3.92. The molecule has 2 aromatic heterocycles. The van der Waals surface area contributed by atoms with Crippen molar-refractivity contribution in [1.29, 1.82) is 0 Å². The molecule has 0 unspecified atom stereocenters. The molecule has 8 nitrogen and oxygen atoms in total. The lowest BCUT2D eigenvalue weighted by molar-refractivity contribution is 0.0917. The lowest BCUT2D eigenvalue weighted by Crippen LogP contribution is -2.36. The van der Waals surface area contributed by atoms with E-state index in [4.69, 9.17) is 4.98 Å². The van der Waals surface area contributed by atoms with Crippen LogP contribution in [-0.2, 0) is 0 Å². The summed E-state index contributed by atoms with van der Waals surface area (Å²) in [5.74, 6) is 1.43. The monoisotopic (exact) mass is 413 g/mol. The van der Waals surface area contributed by atoms with Crippen LogP contribution in [-0.4, -0.2) is 37.1 Å². The Labute approximate surface area is 179 Å². The van der Waals surface area contributed by atoms with Crippen LogP contribution in [0.15, 0.2) is 54.6 Å². The highest BCUT2D eigenvalue weighted by atomic mass is 16.2. The molecule has 0 atom stereocenters. The molecule has 1 fully saturated rings. The molecule has 8 heteroatoms. The molecule has 0 saturated heterocycles. The quantitative estimate of drug-likeness (QED) is 0.452. The summed E-state index contributed by atoms with van der Waals surface area (Å²) in [4.78, 5) is 26.2. The maximum absolute atomic E-state index is 12.5. The van der Waals surface area contributed by atoms with Gasteiger partial charge in [-0.3, -0.25) is 4.79 Å². The fourth-order valence-electron chi connectivity index (χ4n) is 3.92. The van der Waals surface area contributed by atoms with E-state index < -0.39 is 0 Å². The van der Waals surface area contributed by atoms with E-state index in [9.17, 15) is 4.79 Å². The van der Waals surface area contributed by atoms with Crippen LogP contribution in [0.4, 0.5) is 11.8 Å². The van der Waals surface area contributed by atoms with E-state index in [0.717, 1.165) is 42.1 Å². The molecule has 156 valence electrons. The zero-order valence-electron chi connectivity index (χ0n) is 17.0. The van der Waals surface area contributed by atoms with E-state index in [0.29, 0.717) is 17.6 Å². The van der Waals surface area contributed by atoms with Gasteiger partial charge in [-0.1, -0.05) is 61.7 Å². The Morgan fingerprint density at radius 3 is 2.52 bits per heavy atom. The van der Waals surface area contributed by atoms with Crippen LogP contribution in [0.1, 0.15) is 42.7 Å². The summed E-state index contributed by atoms with van der Waals surface area (Å²) in [5.41, 5.74) is 1.73. The van der Waals surface area contributed by atoms with Gasteiger partial charge in [0, 0.05) is 17.0 Å². The van der Waals surface area contributed by atoms with Gasteiger partial charge < -0.3 is 10.6 Å². The van der Waals surface area contributed by atoms with Crippen LogP contribution in [0, 0.1) is 0 Å². The van der Waals surface area contributed by atoms with E-state index in [1.54, 1.807) is 0 Å².